The molecule has 1 aliphatic rings. The van der Waals surface area contributed by atoms with E-state index in [0.717, 1.165) is 39.2 Å². The van der Waals surface area contributed by atoms with E-state index in [-0.39, 0.29) is 84.6 Å². The van der Waals surface area contributed by atoms with Gasteiger partial charge in [0, 0.05) is 44.2 Å². The number of piperazine rings is 1. The van der Waals surface area contributed by atoms with Gasteiger partial charge in [0.05, 0.1) is 39.4 Å². The van der Waals surface area contributed by atoms with Crippen molar-refractivity contribution in [1.82, 2.24) is 43.8 Å². The number of nitrogens with one attached hydrogen (secondary N) is 1. The molecule has 0 aliphatic carbocycles. The van der Waals surface area contributed by atoms with Crippen LogP contribution in [0.4, 0.5) is 24.5 Å². The maximum atomic E-state index is 14.5. The fraction of sp³-hybridized carbons (Fsp3) is 0.268. The number of anilines is 2. The third-order valence-corrected chi connectivity index (χ3v) is 10.6. The predicted octanol–water partition coefficient (Wildman–Crippen LogP) is 5.96. The first-order valence-electron chi connectivity index (χ1n) is 18.9. The van der Waals surface area contributed by atoms with Crippen LogP contribution < -0.4 is 20.5 Å². The molecule has 60 heavy (non-hydrogen) atoms. The van der Waals surface area contributed by atoms with Crippen LogP contribution in [0.25, 0.3) is 28.1 Å². The summed E-state index contributed by atoms with van der Waals surface area (Å²) in [4.78, 5) is 59.0. The second-order valence-electron chi connectivity index (χ2n) is 14.2. The normalized spacial score (nSPS) is 13.3. The van der Waals surface area contributed by atoms with Crippen molar-refractivity contribution < 1.29 is 27.5 Å². The fourth-order valence-electron chi connectivity index (χ4n) is 7.26. The molecule has 3 aromatic carbocycles. The molecule has 0 radical (unpaired) electrons. The maximum Gasteiger partial charge on any atom is 0.416 e. The summed E-state index contributed by atoms with van der Waals surface area (Å²) in [6, 6.07) is 17.7. The van der Waals surface area contributed by atoms with Gasteiger partial charge in [-0.25, -0.2) is 9.97 Å². The van der Waals surface area contributed by atoms with Crippen LogP contribution >= 0.6 is 11.6 Å². The Bertz CT molecular complexity index is 2830. The Morgan fingerprint density at radius 1 is 0.983 bits per heavy atom. The number of fused-ring (bicyclic) bond motifs is 2. The fourth-order valence-corrected chi connectivity index (χ4v) is 7.49. The lowest BCUT2D eigenvalue weighted by molar-refractivity contribution is -0.137. The van der Waals surface area contributed by atoms with Crippen LogP contribution in [0.5, 0.6) is 5.75 Å². The van der Waals surface area contributed by atoms with E-state index in [2.05, 4.69) is 25.5 Å². The first kappa shape index (κ1) is 40.0. The van der Waals surface area contributed by atoms with Crippen molar-refractivity contribution in [2.75, 3.05) is 36.4 Å². The number of carbonyl (C=O) groups excluding carboxylic acids is 2. The molecule has 308 valence electrons. The van der Waals surface area contributed by atoms with Crippen molar-refractivity contribution in [1.29, 1.82) is 0 Å². The number of ether oxygens (including phenoxy) is 1. The summed E-state index contributed by atoms with van der Waals surface area (Å²) in [6.07, 6.45) is -1.30. The van der Waals surface area contributed by atoms with E-state index in [4.69, 9.17) is 21.3 Å². The van der Waals surface area contributed by atoms with Gasteiger partial charge in [-0.15, -0.1) is 5.10 Å². The van der Waals surface area contributed by atoms with E-state index < -0.39 is 29.8 Å². The molecule has 19 heteroatoms. The van der Waals surface area contributed by atoms with Gasteiger partial charge in [-0.3, -0.25) is 19.1 Å². The zero-order chi connectivity index (χ0) is 42.3. The predicted molar refractivity (Wildman–Crippen MR) is 217 cm³/mol. The van der Waals surface area contributed by atoms with Gasteiger partial charge in [0.15, 0.2) is 17.3 Å². The van der Waals surface area contributed by atoms with Crippen LogP contribution in [0.2, 0.25) is 5.02 Å². The lowest BCUT2D eigenvalue weighted by atomic mass is 10.1. The van der Waals surface area contributed by atoms with E-state index in [0.29, 0.717) is 17.0 Å². The molecule has 5 heterocycles. The minimum atomic E-state index is -4.62. The van der Waals surface area contributed by atoms with E-state index in [9.17, 15) is 27.6 Å². The Morgan fingerprint density at radius 3 is 2.47 bits per heavy atom. The molecule has 1 fully saturated rings. The average molecular weight is 840 g/mol. The number of alkyl halides is 3. The highest BCUT2D eigenvalue weighted by atomic mass is 35.5. The smallest absolute Gasteiger partial charge is 0.416 e. The number of aromatic nitrogens is 8. The largest absolute Gasteiger partial charge is 0.485 e. The van der Waals surface area contributed by atoms with Crippen molar-refractivity contribution in [3.8, 4) is 17.1 Å². The zero-order valence-corrected chi connectivity index (χ0v) is 33.3. The van der Waals surface area contributed by atoms with Crippen molar-refractivity contribution in [2.45, 2.75) is 39.6 Å². The average Bonchev–Trinajstić information content (AvgIpc) is 3.86. The molecule has 2 amide bonds. The monoisotopic (exact) mass is 839 g/mol. The van der Waals surface area contributed by atoms with Gasteiger partial charge in [-0.1, -0.05) is 61.0 Å². The Hall–Kier alpha value is -6.82. The van der Waals surface area contributed by atoms with Crippen LogP contribution in [0.15, 0.2) is 84.0 Å². The van der Waals surface area contributed by atoms with Crippen molar-refractivity contribution in [3.05, 3.63) is 123 Å². The van der Waals surface area contributed by atoms with Crippen LogP contribution in [0, 0.1) is 6.92 Å². The minimum absolute atomic E-state index is 0.0232. The first-order chi connectivity index (χ1) is 28.8. The van der Waals surface area contributed by atoms with Crippen molar-refractivity contribution >= 4 is 51.5 Å². The number of carbonyl (C=O) groups is 2. The Kier molecular flexibility index (Phi) is 10.7. The van der Waals surface area contributed by atoms with Gasteiger partial charge in [0.25, 0.3) is 11.5 Å². The molecule has 0 saturated carbocycles. The van der Waals surface area contributed by atoms with Crippen LogP contribution in [0.1, 0.15) is 39.9 Å². The molecule has 1 N–H and O–H groups in total. The van der Waals surface area contributed by atoms with Gasteiger partial charge >= 0.3 is 6.18 Å². The number of amides is 2. The SMILES string of the molecule is CCc1c(N2CCN(C(=O)c3ncnc(C)c3OCc3ccccc3)CC2)c(=O)n2nc(-c3ccc4cnn(C)c4c3)nc2n1CC(=O)Nc1ccc(C(F)(F)F)cc1Cl. The highest BCUT2D eigenvalue weighted by Gasteiger charge is 2.33. The molecular weight excluding hydrogens is 803 g/mol. The molecule has 0 atom stereocenters. The summed E-state index contributed by atoms with van der Waals surface area (Å²) in [5.41, 5.74) is 2.23. The molecule has 4 aromatic heterocycles. The number of benzene rings is 3. The topological polar surface area (TPSA) is 158 Å². The third kappa shape index (κ3) is 7.72. The molecule has 15 nitrogen and oxygen atoms in total. The third-order valence-electron chi connectivity index (χ3n) is 10.3. The summed E-state index contributed by atoms with van der Waals surface area (Å²) in [7, 11) is 1.80. The number of halogens is 4. The van der Waals surface area contributed by atoms with Crippen LogP contribution in [-0.4, -0.2) is 81.8 Å². The van der Waals surface area contributed by atoms with E-state index in [1.807, 2.05) is 60.4 Å². The summed E-state index contributed by atoms with van der Waals surface area (Å²) in [5.74, 6) is -0.405. The lowest BCUT2D eigenvalue weighted by Gasteiger charge is -2.36. The number of hydrogen-bond donors (Lipinski definition) is 1. The quantitative estimate of drug-likeness (QED) is 0.174. The first-order valence-corrected chi connectivity index (χ1v) is 19.3. The van der Waals surface area contributed by atoms with Crippen LogP contribution in [-0.2, 0) is 37.6 Å². The molecule has 0 bridgehead atoms. The van der Waals surface area contributed by atoms with Crippen LogP contribution in [0.3, 0.4) is 0 Å². The van der Waals surface area contributed by atoms with E-state index in [1.54, 1.807) is 34.3 Å². The number of aryl methyl sites for hydroxylation is 2. The van der Waals surface area contributed by atoms with Gasteiger partial charge < -0.3 is 24.4 Å². The molecular formula is C41H37ClF3N11O4. The highest BCUT2D eigenvalue weighted by Crippen LogP contribution is 2.34. The molecule has 7 aromatic rings. The van der Waals surface area contributed by atoms with Crippen molar-refractivity contribution in [3.63, 3.8) is 0 Å². The number of hydrogen-bond acceptors (Lipinski definition) is 10. The summed E-state index contributed by atoms with van der Waals surface area (Å²) < 4.78 is 50.5. The summed E-state index contributed by atoms with van der Waals surface area (Å²) in [5, 5.41) is 12.1. The molecule has 1 aliphatic heterocycles. The lowest BCUT2D eigenvalue weighted by Crippen LogP contribution is -2.51. The molecule has 1 saturated heterocycles. The van der Waals surface area contributed by atoms with E-state index >= 15 is 0 Å². The molecule has 8 rings (SSSR count). The Morgan fingerprint density at radius 2 is 1.75 bits per heavy atom. The number of rotatable bonds is 10. The zero-order valence-electron chi connectivity index (χ0n) is 32.6. The second kappa shape index (κ2) is 16.1. The minimum Gasteiger partial charge on any atom is -0.485 e. The highest BCUT2D eigenvalue weighted by molar-refractivity contribution is 6.33. The summed E-state index contributed by atoms with van der Waals surface area (Å²) >= 11 is 6.19. The second-order valence-corrected chi connectivity index (χ2v) is 14.6. The maximum absolute atomic E-state index is 14.5. The molecule has 0 unspecified atom stereocenters. The van der Waals surface area contributed by atoms with Gasteiger partial charge in [-0.2, -0.15) is 27.8 Å². The Labute approximate surface area is 345 Å². The standard InChI is InChI=1S/C41H37ClF3N11O4/c1-4-31-35(53-14-16-54(17-15-53)38(58)34-36(24(2)46-23-47-34)60-22-25-8-6-5-7-9-25)39(59)56-40(50-37(51-56)26-10-11-27-20-48-52(3)32(27)18-26)55(31)21-33(57)49-30-13-12-28(19-29(30)42)41(43,44)45/h5-13,18-20,23H,4,14-17,21-22H2,1-3H3,(H,49,57). The van der Waals surface area contributed by atoms with E-state index in [1.165, 1.54) is 6.33 Å². The van der Waals surface area contributed by atoms with Gasteiger partial charge in [0.2, 0.25) is 11.7 Å². The number of nitrogens with zero attached hydrogens (tertiary/aromatic N) is 10. The van der Waals surface area contributed by atoms with Crippen molar-refractivity contribution in [2.24, 2.45) is 7.05 Å². The Balaban J connectivity index is 1.12. The summed E-state index contributed by atoms with van der Waals surface area (Å²) in [6.45, 7) is 4.34. The van der Waals surface area contributed by atoms with Gasteiger partial charge in [0.1, 0.15) is 25.2 Å². The van der Waals surface area contributed by atoms with Gasteiger partial charge in [-0.05, 0) is 43.2 Å². The molecule has 0 spiro atoms.